The second kappa shape index (κ2) is 4.62. The number of hydrogen-bond donors (Lipinski definition) is 1. The number of para-hydroxylation sites is 1. The molecule has 0 aliphatic carbocycles. The molecule has 1 aromatic carbocycles. The number of benzene rings is 1. The number of nitrogens with two attached hydrogens (primary N) is 1. The first-order chi connectivity index (χ1) is 9.95. The van der Waals surface area contributed by atoms with Crippen LogP contribution in [0.1, 0.15) is 5.82 Å². The molecule has 2 N–H and O–H groups in total. The van der Waals surface area contributed by atoms with Crippen molar-refractivity contribution in [2.75, 3.05) is 5.73 Å². The highest BCUT2D eigenvalue weighted by atomic mass is 19.4. The van der Waals surface area contributed by atoms with Gasteiger partial charge in [0.1, 0.15) is 5.82 Å². The minimum absolute atomic E-state index is 0.0688. The average molecular weight is 295 g/mol. The summed E-state index contributed by atoms with van der Waals surface area (Å²) in [7, 11) is 0. The minimum atomic E-state index is -4.67. The van der Waals surface area contributed by atoms with Crippen molar-refractivity contribution in [2.45, 2.75) is 6.18 Å². The van der Waals surface area contributed by atoms with E-state index in [4.69, 9.17) is 5.73 Å². The van der Waals surface area contributed by atoms with Crippen molar-refractivity contribution in [1.82, 2.24) is 19.9 Å². The third-order valence-corrected chi connectivity index (χ3v) is 2.64. The first-order valence-corrected chi connectivity index (χ1v) is 5.77. The van der Waals surface area contributed by atoms with Crippen molar-refractivity contribution < 1.29 is 17.7 Å². The highest BCUT2D eigenvalue weighted by Gasteiger charge is 2.37. The van der Waals surface area contributed by atoms with Crippen molar-refractivity contribution in [1.29, 1.82) is 0 Å². The number of nitrogen functional groups attached to an aromatic ring is 1. The Balaban J connectivity index is 2.00. The Kier molecular flexibility index (Phi) is 2.89. The molecule has 0 bridgehead atoms. The standard InChI is InChI=1S/C12H8F3N5O/c13-12(14,15)11-17-10(21-19-11)8-6-9(16)20(18-8)7-4-2-1-3-5-7/h1-6H,16H2. The summed E-state index contributed by atoms with van der Waals surface area (Å²) in [6.07, 6.45) is -4.67. The number of anilines is 1. The van der Waals surface area contributed by atoms with Gasteiger partial charge in [0.05, 0.1) is 5.69 Å². The number of aromatic nitrogens is 4. The van der Waals surface area contributed by atoms with Gasteiger partial charge in [0.15, 0.2) is 5.69 Å². The topological polar surface area (TPSA) is 82.8 Å². The molecule has 2 aromatic heterocycles. The fraction of sp³-hybridized carbons (Fsp3) is 0.0833. The number of alkyl halides is 3. The zero-order valence-corrected chi connectivity index (χ0v) is 10.4. The van der Waals surface area contributed by atoms with E-state index >= 15 is 0 Å². The van der Waals surface area contributed by atoms with Gasteiger partial charge in [-0.2, -0.15) is 23.3 Å². The van der Waals surface area contributed by atoms with Crippen LogP contribution in [0, 0.1) is 0 Å². The van der Waals surface area contributed by atoms with Crippen LogP contribution in [0.2, 0.25) is 0 Å². The maximum Gasteiger partial charge on any atom is 0.455 e. The van der Waals surface area contributed by atoms with E-state index < -0.39 is 12.0 Å². The van der Waals surface area contributed by atoms with Gasteiger partial charge in [-0.1, -0.05) is 23.4 Å². The highest BCUT2D eigenvalue weighted by Crippen LogP contribution is 2.29. The summed E-state index contributed by atoms with van der Waals surface area (Å²) < 4.78 is 43.2. The molecule has 0 atom stereocenters. The van der Waals surface area contributed by atoms with E-state index in [2.05, 4.69) is 19.8 Å². The molecule has 3 rings (SSSR count). The van der Waals surface area contributed by atoms with E-state index in [-0.39, 0.29) is 17.4 Å². The second-order valence-electron chi connectivity index (χ2n) is 4.12. The summed E-state index contributed by atoms with van der Waals surface area (Å²) in [6.45, 7) is 0. The van der Waals surface area contributed by atoms with Crippen LogP contribution in [-0.2, 0) is 6.18 Å². The summed E-state index contributed by atoms with van der Waals surface area (Å²) in [5.74, 6) is -1.46. The van der Waals surface area contributed by atoms with Gasteiger partial charge in [0.25, 0.3) is 11.7 Å². The molecule has 3 aromatic rings. The van der Waals surface area contributed by atoms with Gasteiger partial charge in [-0.05, 0) is 12.1 Å². The quantitative estimate of drug-likeness (QED) is 0.785. The first kappa shape index (κ1) is 13.2. The first-order valence-electron chi connectivity index (χ1n) is 5.77. The minimum Gasteiger partial charge on any atom is -0.384 e. The molecule has 0 spiro atoms. The maximum atomic E-state index is 12.4. The normalized spacial score (nSPS) is 11.8. The van der Waals surface area contributed by atoms with Crippen molar-refractivity contribution >= 4 is 5.82 Å². The molecule has 0 saturated carbocycles. The summed E-state index contributed by atoms with van der Waals surface area (Å²) in [5.41, 5.74) is 6.52. The summed E-state index contributed by atoms with van der Waals surface area (Å²) in [4.78, 5) is 3.27. The third kappa shape index (κ3) is 2.45. The molecule has 0 unspecified atom stereocenters. The second-order valence-corrected chi connectivity index (χ2v) is 4.12. The molecule has 0 radical (unpaired) electrons. The lowest BCUT2D eigenvalue weighted by Gasteiger charge is -2.01. The molecular weight excluding hydrogens is 287 g/mol. The molecule has 0 amide bonds. The van der Waals surface area contributed by atoms with Gasteiger partial charge in [-0.15, -0.1) is 0 Å². The van der Waals surface area contributed by atoms with Crippen LogP contribution in [0.3, 0.4) is 0 Å². The Hall–Kier alpha value is -2.84. The molecule has 0 saturated heterocycles. The van der Waals surface area contributed by atoms with Crippen molar-refractivity contribution in [2.24, 2.45) is 0 Å². The van der Waals surface area contributed by atoms with E-state index in [0.717, 1.165) is 0 Å². The molecule has 9 heteroatoms. The lowest BCUT2D eigenvalue weighted by molar-refractivity contribution is -0.146. The van der Waals surface area contributed by atoms with Gasteiger partial charge < -0.3 is 10.3 Å². The Morgan fingerprint density at radius 3 is 2.48 bits per heavy atom. The van der Waals surface area contributed by atoms with Crippen LogP contribution in [0.15, 0.2) is 40.9 Å². The van der Waals surface area contributed by atoms with Crippen LogP contribution < -0.4 is 5.73 Å². The maximum absolute atomic E-state index is 12.4. The summed E-state index contributed by atoms with van der Waals surface area (Å²) in [5, 5.41) is 6.95. The summed E-state index contributed by atoms with van der Waals surface area (Å²) >= 11 is 0. The molecular formula is C12H8F3N5O. The fourth-order valence-electron chi connectivity index (χ4n) is 1.72. The molecule has 0 aliphatic rings. The zero-order chi connectivity index (χ0) is 15.0. The van der Waals surface area contributed by atoms with Crippen LogP contribution in [0.4, 0.5) is 19.0 Å². The van der Waals surface area contributed by atoms with Gasteiger partial charge >= 0.3 is 6.18 Å². The van der Waals surface area contributed by atoms with Crippen molar-refractivity contribution in [3.8, 4) is 17.3 Å². The number of rotatable bonds is 2. The Bertz CT molecular complexity index is 763. The van der Waals surface area contributed by atoms with Gasteiger partial charge in [-0.3, -0.25) is 0 Å². The van der Waals surface area contributed by atoms with E-state index in [1.54, 1.807) is 24.3 Å². The van der Waals surface area contributed by atoms with Crippen LogP contribution in [0.25, 0.3) is 17.3 Å². The lowest BCUT2D eigenvalue weighted by Crippen LogP contribution is -2.07. The van der Waals surface area contributed by atoms with Gasteiger partial charge in [0.2, 0.25) is 0 Å². The Morgan fingerprint density at radius 1 is 1.14 bits per heavy atom. The fourth-order valence-corrected chi connectivity index (χ4v) is 1.72. The Labute approximate surface area is 116 Å². The van der Waals surface area contributed by atoms with Gasteiger partial charge in [0, 0.05) is 6.07 Å². The third-order valence-electron chi connectivity index (χ3n) is 2.64. The van der Waals surface area contributed by atoms with E-state index in [1.165, 1.54) is 10.7 Å². The van der Waals surface area contributed by atoms with Crippen LogP contribution in [-0.4, -0.2) is 19.9 Å². The average Bonchev–Trinajstić information content (AvgIpc) is 3.05. The van der Waals surface area contributed by atoms with Gasteiger partial charge in [-0.25, -0.2) is 4.68 Å². The van der Waals surface area contributed by atoms with E-state index in [9.17, 15) is 13.2 Å². The summed E-state index contributed by atoms with van der Waals surface area (Å²) in [6, 6.07) is 10.2. The Morgan fingerprint density at radius 2 is 1.86 bits per heavy atom. The zero-order valence-electron chi connectivity index (χ0n) is 10.4. The molecule has 2 heterocycles. The molecule has 0 fully saturated rings. The molecule has 0 aliphatic heterocycles. The smallest absolute Gasteiger partial charge is 0.384 e. The number of halogens is 3. The molecule has 21 heavy (non-hydrogen) atoms. The monoisotopic (exact) mass is 295 g/mol. The highest BCUT2D eigenvalue weighted by molar-refractivity contribution is 5.55. The van der Waals surface area contributed by atoms with Crippen LogP contribution >= 0.6 is 0 Å². The molecule has 6 nitrogen and oxygen atoms in total. The van der Waals surface area contributed by atoms with Crippen molar-refractivity contribution in [3.63, 3.8) is 0 Å². The SMILES string of the molecule is Nc1cc(-c2nc(C(F)(F)F)no2)nn1-c1ccccc1. The lowest BCUT2D eigenvalue weighted by atomic mass is 10.3. The van der Waals surface area contributed by atoms with E-state index in [0.29, 0.717) is 5.69 Å². The van der Waals surface area contributed by atoms with Crippen LogP contribution in [0.5, 0.6) is 0 Å². The van der Waals surface area contributed by atoms with E-state index in [1.807, 2.05) is 6.07 Å². The number of nitrogens with zero attached hydrogens (tertiary/aromatic N) is 4. The van der Waals surface area contributed by atoms with Crippen molar-refractivity contribution in [3.05, 3.63) is 42.2 Å². The number of hydrogen-bond acceptors (Lipinski definition) is 5. The molecule has 108 valence electrons. The predicted molar refractivity (Wildman–Crippen MR) is 66.3 cm³/mol. The predicted octanol–water partition coefficient (Wildman–Crippen LogP) is 2.52. The largest absolute Gasteiger partial charge is 0.455 e.